The van der Waals surface area contributed by atoms with Crippen molar-refractivity contribution in [1.29, 1.82) is 0 Å². The van der Waals surface area contributed by atoms with Crippen molar-refractivity contribution < 1.29 is 14.3 Å². The molecule has 1 amide bonds. The lowest BCUT2D eigenvalue weighted by Gasteiger charge is -2.22. The minimum atomic E-state index is -0.405. The van der Waals surface area contributed by atoms with Crippen LogP contribution < -0.4 is 10.2 Å². The molecule has 1 saturated heterocycles. The molecule has 2 heterocycles. The molecule has 0 radical (unpaired) electrons. The van der Waals surface area contributed by atoms with Crippen LogP contribution in [0, 0.1) is 0 Å². The van der Waals surface area contributed by atoms with Gasteiger partial charge in [-0.3, -0.25) is 9.78 Å². The first-order valence-electron chi connectivity index (χ1n) is 8.87. The fraction of sp³-hybridized carbons (Fsp3) is 0.350. The lowest BCUT2D eigenvalue weighted by molar-refractivity contribution is 0.0600. The van der Waals surface area contributed by atoms with Crippen molar-refractivity contribution in [3.8, 4) is 0 Å². The fourth-order valence-corrected chi connectivity index (χ4v) is 3.06. The van der Waals surface area contributed by atoms with E-state index >= 15 is 0 Å². The molecule has 0 unspecified atom stereocenters. The molecular formula is C20H23N3O3. The molecule has 0 saturated carbocycles. The molecule has 26 heavy (non-hydrogen) atoms. The van der Waals surface area contributed by atoms with Crippen molar-refractivity contribution in [1.82, 2.24) is 4.98 Å². The third-order valence-electron chi connectivity index (χ3n) is 4.52. The van der Waals surface area contributed by atoms with Crippen molar-refractivity contribution in [2.24, 2.45) is 0 Å². The van der Waals surface area contributed by atoms with Gasteiger partial charge in [0.2, 0.25) is 0 Å². The number of pyridine rings is 1. The third-order valence-corrected chi connectivity index (χ3v) is 4.52. The monoisotopic (exact) mass is 353 g/mol. The van der Waals surface area contributed by atoms with E-state index in [1.807, 2.05) is 12.3 Å². The van der Waals surface area contributed by atoms with Crippen molar-refractivity contribution in [3.05, 3.63) is 53.9 Å². The van der Waals surface area contributed by atoms with E-state index in [0.29, 0.717) is 16.8 Å². The molecule has 0 spiro atoms. The molecule has 2 aromatic rings. The van der Waals surface area contributed by atoms with Crippen LogP contribution in [0.4, 0.5) is 11.4 Å². The minimum Gasteiger partial charge on any atom is -0.465 e. The number of methoxy groups -OCH3 is 1. The minimum absolute atomic E-state index is 0.222. The van der Waals surface area contributed by atoms with Gasteiger partial charge in [-0.05, 0) is 43.2 Å². The molecule has 6 nitrogen and oxygen atoms in total. The van der Waals surface area contributed by atoms with Crippen LogP contribution in [0.25, 0.3) is 0 Å². The maximum absolute atomic E-state index is 12.5. The van der Waals surface area contributed by atoms with Gasteiger partial charge < -0.3 is 15.0 Å². The summed E-state index contributed by atoms with van der Waals surface area (Å²) in [5.74, 6) is -0.628. The predicted molar refractivity (Wildman–Crippen MR) is 101 cm³/mol. The van der Waals surface area contributed by atoms with Crippen molar-refractivity contribution in [2.45, 2.75) is 25.7 Å². The Labute approximate surface area is 153 Å². The second kappa shape index (κ2) is 8.47. The van der Waals surface area contributed by atoms with Crippen LogP contribution in [0.1, 0.15) is 46.4 Å². The molecule has 1 aliphatic rings. The smallest absolute Gasteiger partial charge is 0.337 e. The van der Waals surface area contributed by atoms with Gasteiger partial charge in [-0.2, -0.15) is 0 Å². The fourth-order valence-electron chi connectivity index (χ4n) is 3.06. The van der Waals surface area contributed by atoms with Gasteiger partial charge in [0, 0.05) is 25.0 Å². The molecular weight excluding hydrogens is 330 g/mol. The highest BCUT2D eigenvalue weighted by Crippen LogP contribution is 2.20. The number of amides is 1. The standard InChI is InChI=1S/C20H23N3O3/c1-26-20(25)15-6-8-17(9-7-15)22-19(24)16-12-18(14-21-13-16)23-10-4-2-3-5-11-23/h6-9,12-14H,2-5,10-11H2,1H3,(H,22,24). The molecule has 1 N–H and O–H groups in total. The summed E-state index contributed by atoms with van der Waals surface area (Å²) in [5.41, 5.74) is 2.56. The molecule has 1 fully saturated rings. The zero-order valence-corrected chi connectivity index (χ0v) is 14.9. The van der Waals surface area contributed by atoms with Gasteiger partial charge in [0.15, 0.2) is 0 Å². The number of nitrogens with one attached hydrogen (secondary N) is 1. The van der Waals surface area contributed by atoms with Crippen LogP contribution in [0.2, 0.25) is 0 Å². The molecule has 3 rings (SSSR count). The SMILES string of the molecule is COC(=O)c1ccc(NC(=O)c2cncc(N3CCCCCC3)c2)cc1. The summed E-state index contributed by atoms with van der Waals surface area (Å²) in [5, 5.41) is 2.84. The number of nitrogens with zero attached hydrogens (tertiary/aromatic N) is 2. The van der Waals surface area contributed by atoms with Crippen LogP contribution in [0.5, 0.6) is 0 Å². The van der Waals surface area contributed by atoms with E-state index in [0.717, 1.165) is 18.8 Å². The average molecular weight is 353 g/mol. The number of rotatable bonds is 4. The molecule has 6 heteroatoms. The molecule has 136 valence electrons. The number of hydrogen-bond donors (Lipinski definition) is 1. The quantitative estimate of drug-likeness (QED) is 0.852. The van der Waals surface area contributed by atoms with E-state index in [1.165, 1.54) is 32.8 Å². The van der Waals surface area contributed by atoms with Gasteiger partial charge in [0.05, 0.1) is 30.1 Å². The zero-order chi connectivity index (χ0) is 18.4. The first kappa shape index (κ1) is 17.9. The summed E-state index contributed by atoms with van der Waals surface area (Å²) in [6, 6.07) is 8.48. The maximum atomic E-state index is 12.5. The van der Waals surface area contributed by atoms with Crippen LogP contribution in [-0.2, 0) is 4.74 Å². The normalized spacial score (nSPS) is 14.4. The molecule has 1 aliphatic heterocycles. The van der Waals surface area contributed by atoms with Gasteiger partial charge in [0.1, 0.15) is 0 Å². The summed E-state index contributed by atoms with van der Waals surface area (Å²) in [4.78, 5) is 30.5. The number of ether oxygens (including phenoxy) is 1. The van der Waals surface area contributed by atoms with Gasteiger partial charge in [-0.25, -0.2) is 4.79 Å². The average Bonchev–Trinajstić information content (AvgIpc) is 2.97. The van der Waals surface area contributed by atoms with E-state index in [9.17, 15) is 9.59 Å². The van der Waals surface area contributed by atoms with Crippen molar-refractivity contribution >= 4 is 23.3 Å². The molecule has 0 aliphatic carbocycles. The number of hydrogen-bond acceptors (Lipinski definition) is 5. The topological polar surface area (TPSA) is 71.5 Å². The van der Waals surface area contributed by atoms with E-state index in [-0.39, 0.29) is 5.91 Å². The largest absolute Gasteiger partial charge is 0.465 e. The summed E-state index contributed by atoms with van der Waals surface area (Å²) in [6.45, 7) is 2.00. The first-order valence-corrected chi connectivity index (χ1v) is 8.87. The van der Waals surface area contributed by atoms with Crippen LogP contribution in [0.3, 0.4) is 0 Å². The third kappa shape index (κ3) is 4.39. The Morgan fingerprint density at radius 1 is 1.00 bits per heavy atom. The zero-order valence-electron chi connectivity index (χ0n) is 14.9. The van der Waals surface area contributed by atoms with E-state index in [2.05, 4.69) is 19.9 Å². The maximum Gasteiger partial charge on any atom is 0.337 e. The number of benzene rings is 1. The number of anilines is 2. The second-order valence-electron chi connectivity index (χ2n) is 6.36. The van der Waals surface area contributed by atoms with Crippen molar-refractivity contribution in [3.63, 3.8) is 0 Å². The molecule has 1 aromatic heterocycles. The first-order chi connectivity index (χ1) is 12.7. The number of carbonyl (C=O) groups excluding carboxylic acids is 2. The number of aromatic nitrogens is 1. The Kier molecular flexibility index (Phi) is 5.84. The highest BCUT2D eigenvalue weighted by molar-refractivity contribution is 6.04. The highest BCUT2D eigenvalue weighted by atomic mass is 16.5. The second-order valence-corrected chi connectivity index (χ2v) is 6.36. The molecule has 0 atom stereocenters. The lowest BCUT2D eigenvalue weighted by atomic mass is 10.2. The van der Waals surface area contributed by atoms with Crippen LogP contribution in [0.15, 0.2) is 42.7 Å². The number of carbonyl (C=O) groups is 2. The van der Waals surface area contributed by atoms with E-state index < -0.39 is 5.97 Å². The Bertz CT molecular complexity index is 766. The lowest BCUT2D eigenvalue weighted by Crippen LogP contribution is -2.24. The summed E-state index contributed by atoms with van der Waals surface area (Å²) >= 11 is 0. The van der Waals surface area contributed by atoms with Gasteiger partial charge >= 0.3 is 5.97 Å². The van der Waals surface area contributed by atoms with E-state index in [1.54, 1.807) is 30.5 Å². The molecule has 1 aromatic carbocycles. The van der Waals surface area contributed by atoms with Crippen molar-refractivity contribution in [2.75, 3.05) is 30.4 Å². The summed E-state index contributed by atoms with van der Waals surface area (Å²) in [7, 11) is 1.34. The Morgan fingerprint density at radius 3 is 2.35 bits per heavy atom. The molecule has 0 bridgehead atoms. The summed E-state index contributed by atoms with van der Waals surface area (Å²) in [6.07, 6.45) is 8.23. The van der Waals surface area contributed by atoms with Gasteiger partial charge in [-0.15, -0.1) is 0 Å². The van der Waals surface area contributed by atoms with E-state index in [4.69, 9.17) is 0 Å². The summed E-state index contributed by atoms with van der Waals surface area (Å²) < 4.78 is 4.67. The highest BCUT2D eigenvalue weighted by Gasteiger charge is 2.14. The van der Waals surface area contributed by atoms with Gasteiger partial charge in [0.25, 0.3) is 5.91 Å². The van der Waals surface area contributed by atoms with Crippen LogP contribution >= 0.6 is 0 Å². The Balaban J connectivity index is 1.69. The Hall–Kier alpha value is -2.89. The number of esters is 1. The Morgan fingerprint density at radius 2 is 1.69 bits per heavy atom. The van der Waals surface area contributed by atoms with Crippen LogP contribution in [-0.4, -0.2) is 37.1 Å². The predicted octanol–water partition coefficient (Wildman–Crippen LogP) is 3.50. The van der Waals surface area contributed by atoms with Gasteiger partial charge in [-0.1, -0.05) is 12.8 Å².